The highest BCUT2D eigenvalue weighted by Gasteiger charge is 2.13. The molecule has 0 fully saturated rings. The zero-order chi connectivity index (χ0) is 13.3. The number of aromatic carboxylic acids is 1. The Morgan fingerprint density at radius 1 is 1.17 bits per heavy atom. The average molecular weight is 303 g/mol. The number of nitrogens with zero attached hydrogens (tertiary/aromatic N) is 1. The topological polar surface area (TPSA) is 50.2 Å². The van der Waals surface area contributed by atoms with Crippen molar-refractivity contribution >= 4 is 40.8 Å². The molecule has 1 heterocycles. The van der Waals surface area contributed by atoms with Gasteiger partial charge in [-0.3, -0.25) is 4.98 Å². The van der Waals surface area contributed by atoms with Crippen LogP contribution >= 0.6 is 34.8 Å². The number of carboxylic acids is 1. The number of rotatable bonds is 2. The largest absolute Gasteiger partial charge is 0.478 e. The predicted molar refractivity (Wildman–Crippen MR) is 71.7 cm³/mol. The van der Waals surface area contributed by atoms with Crippen LogP contribution in [0.2, 0.25) is 15.1 Å². The van der Waals surface area contributed by atoms with Crippen LogP contribution in [0.4, 0.5) is 0 Å². The first-order chi connectivity index (χ1) is 8.50. The van der Waals surface area contributed by atoms with Crippen molar-refractivity contribution in [3.8, 4) is 11.3 Å². The van der Waals surface area contributed by atoms with Gasteiger partial charge >= 0.3 is 5.97 Å². The molecule has 1 aromatic heterocycles. The van der Waals surface area contributed by atoms with Crippen LogP contribution in [0.5, 0.6) is 0 Å². The van der Waals surface area contributed by atoms with Gasteiger partial charge < -0.3 is 5.11 Å². The van der Waals surface area contributed by atoms with E-state index in [9.17, 15) is 4.79 Å². The van der Waals surface area contributed by atoms with E-state index in [0.29, 0.717) is 21.3 Å². The lowest BCUT2D eigenvalue weighted by molar-refractivity contribution is 0.0696. The summed E-state index contributed by atoms with van der Waals surface area (Å²) >= 11 is 18.0. The summed E-state index contributed by atoms with van der Waals surface area (Å²) in [5, 5.41) is 9.74. The van der Waals surface area contributed by atoms with Crippen LogP contribution in [-0.2, 0) is 0 Å². The second-order valence-corrected chi connectivity index (χ2v) is 4.65. The van der Waals surface area contributed by atoms with Crippen molar-refractivity contribution in [2.45, 2.75) is 0 Å². The first-order valence-electron chi connectivity index (χ1n) is 4.84. The van der Waals surface area contributed by atoms with Crippen molar-refractivity contribution in [3.05, 3.63) is 51.1 Å². The van der Waals surface area contributed by atoms with Gasteiger partial charge in [0.15, 0.2) is 0 Å². The second kappa shape index (κ2) is 5.14. The van der Waals surface area contributed by atoms with E-state index >= 15 is 0 Å². The van der Waals surface area contributed by atoms with Crippen molar-refractivity contribution in [1.82, 2.24) is 4.98 Å². The maximum atomic E-state index is 10.8. The lowest BCUT2D eigenvalue weighted by Crippen LogP contribution is -1.98. The van der Waals surface area contributed by atoms with E-state index in [2.05, 4.69) is 4.98 Å². The van der Waals surface area contributed by atoms with Crippen molar-refractivity contribution in [2.75, 3.05) is 0 Å². The van der Waals surface area contributed by atoms with E-state index in [0.717, 1.165) is 0 Å². The predicted octanol–water partition coefficient (Wildman–Crippen LogP) is 4.41. The summed E-state index contributed by atoms with van der Waals surface area (Å²) in [6, 6.07) is 6.39. The number of halogens is 3. The van der Waals surface area contributed by atoms with Crippen LogP contribution in [0.15, 0.2) is 30.5 Å². The van der Waals surface area contributed by atoms with Gasteiger partial charge in [0, 0.05) is 11.8 Å². The molecule has 2 rings (SSSR count). The van der Waals surface area contributed by atoms with Gasteiger partial charge in [0.25, 0.3) is 0 Å². The Balaban J connectivity index is 2.58. The molecule has 0 bridgehead atoms. The summed E-state index contributed by atoms with van der Waals surface area (Å²) in [6.45, 7) is 0. The number of hydrogen-bond donors (Lipinski definition) is 1. The molecule has 1 N–H and O–H groups in total. The maximum absolute atomic E-state index is 10.8. The Morgan fingerprint density at radius 3 is 2.50 bits per heavy atom. The second-order valence-electron chi connectivity index (χ2n) is 3.46. The van der Waals surface area contributed by atoms with Gasteiger partial charge in [-0.25, -0.2) is 4.79 Å². The Bertz CT molecular complexity index is 629. The fourth-order valence-corrected chi connectivity index (χ4v) is 2.10. The van der Waals surface area contributed by atoms with E-state index in [1.807, 2.05) is 0 Å². The number of hydrogen-bond acceptors (Lipinski definition) is 2. The average Bonchev–Trinajstić information content (AvgIpc) is 2.33. The highest BCUT2D eigenvalue weighted by atomic mass is 35.5. The number of pyridine rings is 1. The molecule has 92 valence electrons. The summed E-state index contributed by atoms with van der Waals surface area (Å²) in [5.74, 6) is -1.09. The molecule has 0 unspecified atom stereocenters. The monoisotopic (exact) mass is 301 g/mol. The fraction of sp³-hybridized carbons (Fsp3) is 0. The van der Waals surface area contributed by atoms with Crippen LogP contribution in [0, 0.1) is 0 Å². The molecule has 1 aromatic carbocycles. The van der Waals surface area contributed by atoms with E-state index in [1.165, 1.54) is 12.3 Å². The first kappa shape index (κ1) is 13.1. The molecular weight excluding hydrogens is 296 g/mol. The number of benzene rings is 1. The van der Waals surface area contributed by atoms with Crippen LogP contribution in [0.3, 0.4) is 0 Å². The zero-order valence-electron chi connectivity index (χ0n) is 8.82. The molecule has 0 aliphatic carbocycles. The van der Waals surface area contributed by atoms with E-state index in [-0.39, 0.29) is 10.6 Å². The molecule has 0 radical (unpaired) electrons. The van der Waals surface area contributed by atoms with Crippen LogP contribution < -0.4 is 0 Å². The summed E-state index contributed by atoms with van der Waals surface area (Å²) in [4.78, 5) is 14.8. The van der Waals surface area contributed by atoms with Crippen molar-refractivity contribution in [3.63, 3.8) is 0 Å². The van der Waals surface area contributed by atoms with Gasteiger partial charge in [-0.15, -0.1) is 0 Å². The molecule has 3 nitrogen and oxygen atoms in total. The van der Waals surface area contributed by atoms with Gasteiger partial charge in [-0.1, -0.05) is 46.9 Å². The molecule has 2 aromatic rings. The number of aromatic nitrogens is 1. The summed E-state index contributed by atoms with van der Waals surface area (Å²) in [5.41, 5.74) is 0.974. The zero-order valence-corrected chi connectivity index (χ0v) is 11.1. The highest BCUT2D eigenvalue weighted by molar-refractivity contribution is 6.44. The third-order valence-electron chi connectivity index (χ3n) is 2.29. The van der Waals surface area contributed by atoms with Crippen molar-refractivity contribution in [1.29, 1.82) is 0 Å². The Labute approximate surface area is 118 Å². The van der Waals surface area contributed by atoms with Crippen LogP contribution in [0.25, 0.3) is 11.3 Å². The third-order valence-corrected chi connectivity index (χ3v) is 3.40. The normalized spacial score (nSPS) is 10.4. The molecule has 0 aliphatic heterocycles. The Morgan fingerprint density at radius 2 is 1.89 bits per heavy atom. The molecule has 0 saturated heterocycles. The quantitative estimate of drug-likeness (QED) is 0.894. The lowest BCUT2D eigenvalue weighted by Gasteiger charge is -2.07. The molecular formula is C12H6Cl3NO2. The van der Waals surface area contributed by atoms with Gasteiger partial charge in [0.05, 0.1) is 26.3 Å². The fourth-order valence-electron chi connectivity index (χ4n) is 1.44. The smallest absolute Gasteiger partial charge is 0.337 e. The molecule has 0 amide bonds. The summed E-state index contributed by atoms with van der Waals surface area (Å²) in [6.07, 6.45) is 1.22. The Hall–Kier alpha value is -1.29. The van der Waals surface area contributed by atoms with E-state index in [4.69, 9.17) is 39.9 Å². The highest BCUT2D eigenvalue weighted by Crippen LogP contribution is 2.35. The molecule has 0 spiro atoms. The Kier molecular flexibility index (Phi) is 3.76. The minimum Gasteiger partial charge on any atom is -0.478 e. The van der Waals surface area contributed by atoms with Crippen LogP contribution in [0.1, 0.15) is 10.4 Å². The van der Waals surface area contributed by atoms with Gasteiger partial charge in [0.2, 0.25) is 0 Å². The molecule has 18 heavy (non-hydrogen) atoms. The van der Waals surface area contributed by atoms with E-state index < -0.39 is 5.97 Å². The standard InChI is InChI=1S/C12H6Cl3NO2/c13-8-3-1-2-7(10(8)15)11-9(14)4-6(5-16-11)12(17)18/h1-5H,(H,17,18). The lowest BCUT2D eigenvalue weighted by atomic mass is 10.1. The number of carbonyl (C=O) groups is 1. The molecule has 0 saturated carbocycles. The summed E-state index contributed by atoms with van der Waals surface area (Å²) in [7, 11) is 0. The van der Waals surface area contributed by atoms with Crippen molar-refractivity contribution in [2.24, 2.45) is 0 Å². The minimum atomic E-state index is -1.09. The molecule has 0 atom stereocenters. The first-order valence-corrected chi connectivity index (χ1v) is 5.97. The molecule has 0 aliphatic rings. The SMILES string of the molecule is O=C(O)c1cnc(-c2cccc(Cl)c2Cl)c(Cl)c1. The van der Waals surface area contributed by atoms with Crippen molar-refractivity contribution < 1.29 is 9.90 Å². The van der Waals surface area contributed by atoms with Crippen LogP contribution in [-0.4, -0.2) is 16.1 Å². The van der Waals surface area contributed by atoms with E-state index in [1.54, 1.807) is 18.2 Å². The number of carboxylic acid groups (broad SMARTS) is 1. The maximum Gasteiger partial charge on any atom is 0.337 e. The van der Waals surface area contributed by atoms with Gasteiger partial charge in [0.1, 0.15) is 0 Å². The van der Waals surface area contributed by atoms with Gasteiger partial charge in [-0.2, -0.15) is 0 Å². The minimum absolute atomic E-state index is 0.0156. The summed E-state index contributed by atoms with van der Waals surface area (Å²) < 4.78 is 0. The molecule has 6 heteroatoms. The van der Waals surface area contributed by atoms with Gasteiger partial charge in [-0.05, 0) is 12.1 Å². The third kappa shape index (κ3) is 2.43.